The van der Waals surface area contributed by atoms with E-state index in [1.165, 1.54) is 61.9 Å². The first-order valence-electron chi connectivity index (χ1n) is 10.5. The molecule has 3 rings (SSSR count). The lowest BCUT2D eigenvalue weighted by atomic mass is 9.95. The molecular weight excluding hydrogens is 328 g/mol. The van der Waals surface area contributed by atoms with Gasteiger partial charge >= 0.3 is 0 Å². The maximum absolute atomic E-state index is 3.61. The number of likely N-dealkylation sites (tertiary alicyclic amines) is 1. The Bertz CT molecular complexity index is 678. The normalized spacial score (nSPS) is 18.6. The molecule has 2 aromatic rings. The molecule has 0 spiro atoms. The topological polar surface area (TPSA) is 15.3 Å². The number of hydrogen-bond acceptors (Lipinski definition) is 2. The fourth-order valence-electron chi connectivity index (χ4n) is 4.05. The van der Waals surface area contributed by atoms with Crippen molar-refractivity contribution >= 4 is 6.08 Å². The van der Waals surface area contributed by atoms with Crippen LogP contribution in [0.5, 0.6) is 0 Å². The predicted molar refractivity (Wildman–Crippen MR) is 117 cm³/mol. The van der Waals surface area contributed by atoms with E-state index in [1.807, 2.05) is 0 Å². The molecule has 1 unspecified atom stereocenters. The van der Waals surface area contributed by atoms with Gasteiger partial charge in [0.2, 0.25) is 0 Å². The van der Waals surface area contributed by atoms with Crippen molar-refractivity contribution in [1.82, 2.24) is 10.2 Å². The molecule has 1 saturated heterocycles. The minimum Gasteiger partial charge on any atom is -0.313 e. The summed E-state index contributed by atoms with van der Waals surface area (Å²) in [5.74, 6) is 0. The average molecular weight is 363 g/mol. The fraction of sp³-hybridized carbons (Fsp3) is 0.440. The Morgan fingerprint density at radius 1 is 1.04 bits per heavy atom. The van der Waals surface area contributed by atoms with Crippen molar-refractivity contribution in [2.75, 3.05) is 26.2 Å². The highest BCUT2D eigenvalue weighted by Gasteiger charge is 2.21. The van der Waals surface area contributed by atoms with Crippen LogP contribution in [0, 0.1) is 0 Å². The maximum atomic E-state index is 3.61. The first kappa shape index (κ1) is 19.9. The van der Waals surface area contributed by atoms with Crippen LogP contribution in [0.1, 0.15) is 43.7 Å². The molecule has 1 heterocycles. The summed E-state index contributed by atoms with van der Waals surface area (Å²) in [6.07, 6.45) is 8.79. The van der Waals surface area contributed by atoms with E-state index in [0.29, 0.717) is 0 Å². The molecular formula is C25H34N2. The summed E-state index contributed by atoms with van der Waals surface area (Å²) in [7, 11) is 0. The number of rotatable bonds is 9. The molecule has 1 atom stereocenters. The molecule has 1 N–H and O–H groups in total. The van der Waals surface area contributed by atoms with Gasteiger partial charge in [-0.2, -0.15) is 0 Å². The summed E-state index contributed by atoms with van der Waals surface area (Å²) >= 11 is 0. The number of nitrogens with one attached hydrogen (secondary N) is 1. The lowest BCUT2D eigenvalue weighted by molar-refractivity contribution is 0.145. The molecule has 0 aromatic heterocycles. The SMILES string of the molecule is C/C(=C\c1ccccc1)CNCCCN1CCCCC1Cc1ccccc1. The van der Waals surface area contributed by atoms with E-state index in [-0.39, 0.29) is 0 Å². The van der Waals surface area contributed by atoms with Gasteiger partial charge in [-0.05, 0) is 63.4 Å². The van der Waals surface area contributed by atoms with E-state index in [2.05, 4.69) is 83.9 Å². The minimum absolute atomic E-state index is 0.723. The van der Waals surface area contributed by atoms with Crippen molar-refractivity contribution in [3.05, 3.63) is 77.4 Å². The van der Waals surface area contributed by atoms with Crippen molar-refractivity contribution in [2.24, 2.45) is 0 Å². The summed E-state index contributed by atoms with van der Waals surface area (Å²) in [6, 6.07) is 22.3. The van der Waals surface area contributed by atoms with Crippen molar-refractivity contribution in [1.29, 1.82) is 0 Å². The van der Waals surface area contributed by atoms with E-state index >= 15 is 0 Å². The summed E-state index contributed by atoms with van der Waals surface area (Å²) in [4.78, 5) is 2.73. The molecule has 2 nitrogen and oxygen atoms in total. The van der Waals surface area contributed by atoms with Crippen molar-refractivity contribution < 1.29 is 0 Å². The summed E-state index contributed by atoms with van der Waals surface area (Å²) in [5, 5.41) is 3.61. The lowest BCUT2D eigenvalue weighted by Gasteiger charge is -2.36. The Hall–Kier alpha value is -1.90. The van der Waals surface area contributed by atoms with Crippen LogP contribution in [0.2, 0.25) is 0 Å². The maximum Gasteiger partial charge on any atom is 0.0165 e. The molecule has 27 heavy (non-hydrogen) atoms. The van der Waals surface area contributed by atoms with E-state index in [4.69, 9.17) is 0 Å². The monoisotopic (exact) mass is 362 g/mol. The Morgan fingerprint density at radius 2 is 1.78 bits per heavy atom. The van der Waals surface area contributed by atoms with E-state index in [0.717, 1.165) is 19.1 Å². The van der Waals surface area contributed by atoms with Crippen LogP contribution in [0.25, 0.3) is 6.08 Å². The number of nitrogens with zero attached hydrogens (tertiary/aromatic N) is 1. The third-order valence-corrected chi connectivity index (χ3v) is 5.48. The first-order valence-corrected chi connectivity index (χ1v) is 10.5. The zero-order valence-electron chi connectivity index (χ0n) is 16.7. The van der Waals surface area contributed by atoms with Crippen LogP contribution >= 0.6 is 0 Å². The second-order valence-corrected chi connectivity index (χ2v) is 7.81. The molecule has 1 aliphatic rings. The molecule has 1 fully saturated rings. The third kappa shape index (κ3) is 6.97. The standard InChI is InChI=1S/C25H34N2/c1-22(19-23-11-4-2-5-12-23)21-26-16-10-18-27-17-9-8-15-25(27)20-24-13-6-3-7-14-24/h2-7,11-14,19,25-26H,8-10,15-18,20-21H2,1H3/b22-19+. The zero-order valence-corrected chi connectivity index (χ0v) is 16.7. The highest BCUT2D eigenvalue weighted by molar-refractivity contribution is 5.52. The van der Waals surface area contributed by atoms with Gasteiger partial charge in [-0.1, -0.05) is 78.7 Å². The van der Waals surface area contributed by atoms with Crippen LogP contribution < -0.4 is 5.32 Å². The summed E-state index contributed by atoms with van der Waals surface area (Å²) in [6.45, 7) is 6.76. The van der Waals surface area contributed by atoms with Gasteiger partial charge in [0.25, 0.3) is 0 Å². The highest BCUT2D eigenvalue weighted by Crippen LogP contribution is 2.20. The molecule has 0 saturated carbocycles. The summed E-state index contributed by atoms with van der Waals surface area (Å²) in [5.41, 5.74) is 4.16. The Labute approximate surface area is 165 Å². The van der Waals surface area contributed by atoms with Gasteiger partial charge in [0.05, 0.1) is 0 Å². The van der Waals surface area contributed by atoms with E-state index < -0.39 is 0 Å². The zero-order chi connectivity index (χ0) is 18.7. The third-order valence-electron chi connectivity index (χ3n) is 5.48. The smallest absolute Gasteiger partial charge is 0.0165 e. The largest absolute Gasteiger partial charge is 0.313 e. The summed E-state index contributed by atoms with van der Waals surface area (Å²) < 4.78 is 0. The van der Waals surface area contributed by atoms with Gasteiger partial charge in [-0.25, -0.2) is 0 Å². The number of hydrogen-bond donors (Lipinski definition) is 1. The molecule has 2 aromatic carbocycles. The number of piperidine rings is 1. The Kier molecular flexibility index (Phi) is 8.13. The molecule has 0 bridgehead atoms. The minimum atomic E-state index is 0.723. The second-order valence-electron chi connectivity index (χ2n) is 7.81. The first-order chi connectivity index (χ1) is 13.3. The van der Waals surface area contributed by atoms with E-state index in [9.17, 15) is 0 Å². The van der Waals surface area contributed by atoms with Crippen LogP contribution in [0.4, 0.5) is 0 Å². The van der Waals surface area contributed by atoms with Crippen LogP contribution in [-0.4, -0.2) is 37.1 Å². The van der Waals surface area contributed by atoms with Crippen LogP contribution in [-0.2, 0) is 6.42 Å². The molecule has 0 amide bonds. The molecule has 0 aliphatic carbocycles. The van der Waals surface area contributed by atoms with Crippen LogP contribution in [0.15, 0.2) is 66.2 Å². The van der Waals surface area contributed by atoms with Gasteiger partial charge in [-0.15, -0.1) is 0 Å². The lowest BCUT2D eigenvalue weighted by Crippen LogP contribution is -2.42. The average Bonchev–Trinajstić information content (AvgIpc) is 2.70. The van der Waals surface area contributed by atoms with Gasteiger partial charge in [-0.3, -0.25) is 0 Å². The molecule has 2 heteroatoms. The van der Waals surface area contributed by atoms with E-state index in [1.54, 1.807) is 0 Å². The molecule has 0 radical (unpaired) electrons. The van der Waals surface area contributed by atoms with Crippen molar-refractivity contribution in [3.8, 4) is 0 Å². The van der Waals surface area contributed by atoms with Crippen LogP contribution in [0.3, 0.4) is 0 Å². The van der Waals surface area contributed by atoms with Crippen molar-refractivity contribution in [3.63, 3.8) is 0 Å². The Balaban J connectivity index is 1.37. The number of benzene rings is 2. The van der Waals surface area contributed by atoms with Gasteiger partial charge < -0.3 is 10.2 Å². The van der Waals surface area contributed by atoms with Gasteiger partial charge in [0.15, 0.2) is 0 Å². The fourth-order valence-corrected chi connectivity index (χ4v) is 4.05. The van der Waals surface area contributed by atoms with Crippen molar-refractivity contribution in [2.45, 2.75) is 45.1 Å². The molecule has 144 valence electrons. The second kappa shape index (κ2) is 11.1. The quantitative estimate of drug-likeness (QED) is 0.619. The Morgan fingerprint density at radius 3 is 2.56 bits per heavy atom. The molecule has 1 aliphatic heterocycles. The predicted octanol–water partition coefficient (Wildman–Crippen LogP) is 5.17. The van der Waals surface area contributed by atoms with Gasteiger partial charge in [0.1, 0.15) is 0 Å². The van der Waals surface area contributed by atoms with Gasteiger partial charge in [0, 0.05) is 12.6 Å². The highest BCUT2D eigenvalue weighted by atomic mass is 15.2.